The number of amides is 1. The van der Waals surface area contributed by atoms with E-state index in [2.05, 4.69) is 15.5 Å². The van der Waals surface area contributed by atoms with E-state index in [4.69, 9.17) is 0 Å². The van der Waals surface area contributed by atoms with Gasteiger partial charge in [-0.05, 0) is 35.6 Å². The number of alkyl halides is 2. The lowest BCUT2D eigenvalue weighted by Gasteiger charge is -2.06. The number of nitrogens with one attached hydrogen (secondary N) is 1. The van der Waals surface area contributed by atoms with Crippen LogP contribution in [0.25, 0.3) is 0 Å². The number of benzene rings is 1. The van der Waals surface area contributed by atoms with Gasteiger partial charge in [-0.3, -0.25) is 4.79 Å². The average Bonchev–Trinajstić information content (AvgIpc) is 3.19. The van der Waals surface area contributed by atoms with Crippen molar-refractivity contribution in [3.05, 3.63) is 52.2 Å². The highest BCUT2D eigenvalue weighted by atomic mass is 32.2. The van der Waals surface area contributed by atoms with Gasteiger partial charge in [0.05, 0.1) is 11.5 Å². The number of carbonyl (C=O) groups excluding carboxylic acids is 1. The van der Waals surface area contributed by atoms with Crippen LogP contribution in [-0.4, -0.2) is 28.3 Å². The van der Waals surface area contributed by atoms with Crippen molar-refractivity contribution < 1.29 is 13.6 Å². The van der Waals surface area contributed by atoms with Gasteiger partial charge >= 0.3 is 0 Å². The number of amidine groups is 1. The molecule has 2 heterocycles. The minimum atomic E-state index is -2.43. The molecule has 25 heavy (non-hydrogen) atoms. The van der Waals surface area contributed by atoms with E-state index >= 15 is 0 Å². The predicted molar refractivity (Wildman–Crippen MR) is 101 cm³/mol. The number of nitrogens with zero attached hydrogens (tertiary/aromatic N) is 2. The van der Waals surface area contributed by atoms with E-state index in [1.807, 2.05) is 17.5 Å². The summed E-state index contributed by atoms with van der Waals surface area (Å²) in [5, 5.41) is 12.8. The van der Waals surface area contributed by atoms with Crippen LogP contribution >= 0.6 is 34.9 Å². The molecule has 1 aromatic heterocycles. The SMILES string of the molecule is O=C1N/C(=N\N=C\c2cccs2)SC1Cc1ccc(SC(F)F)cc1. The Labute approximate surface area is 155 Å². The number of thioether (sulfide) groups is 2. The van der Waals surface area contributed by atoms with Crippen molar-refractivity contribution in [2.75, 3.05) is 0 Å². The zero-order chi connectivity index (χ0) is 17.6. The largest absolute Gasteiger partial charge is 0.303 e. The second-order valence-electron chi connectivity index (χ2n) is 4.99. The molecule has 3 rings (SSSR count). The molecule has 1 aromatic carbocycles. The molecule has 4 nitrogen and oxygen atoms in total. The Balaban J connectivity index is 1.57. The fraction of sp³-hybridized carbons (Fsp3) is 0.188. The Bertz CT molecular complexity index is 776. The zero-order valence-corrected chi connectivity index (χ0v) is 15.2. The summed E-state index contributed by atoms with van der Waals surface area (Å²) in [6, 6.07) is 10.7. The van der Waals surface area contributed by atoms with Crippen LogP contribution in [0.1, 0.15) is 10.4 Å². The van der Waals surface area contributed by atoms with Crippen LogP contribution in [0.4, 0.5) is 8.78 Å². The first-order chi connectivity index (χ1) is 12.1. The van der Waals surface area contributed by atoms with Crippen molar-refractivity contribution in [2.45, 2.75) is 22.3 Å². The smallest absolute Gasteiger partial charge is 0.288 e. The number of thiophene rings is 1. The second-order valence-corrected chi connectivity index (χ2v) is 8.22. The van der Waals surface area contributed by atoms with Gasteiger partial charge in [0, 0.05) is 9.77 Å². The molecule has 1 fully saturated rings. The lowest BCUT2D eigenvalue weighted by molar-refractivity contribution is -0.118. The quantitative estimate of drug-likeness (QED) is 0.451. The minimum Gasteiger partial charge on any atom is -0.303 e. The van der Waals surface area contributed by atoms with Gasteiger partial charge in [-0.15, -0.1) is 16.4 Å². The highest BCUT2D eigenvalue weighted by molar-refractivity contribution is 8.15. The molecule has 9 heteroatoms. The van der Waals surface area contributed by atoms with Gasteiger partial charge in [0.15, 0.2) is 5.17 Å². The third-order valence-electron chi connectivity index (χ3n) is 3.22. The molecule has 2 aromatic rings. The summed E-state index contributed by atoms with van der Waals surface area (Å²) in [4.78, 5) is 13.5. The van der Waals surface area contributed by atoms with Gasteiger partial charge in [-0.2, -0.15) is 13.9 Å². The molecule has 0 spiro atoms. The van der Waals surface area contributed by atoms with E-state index in [-0.39, 0.29) is 11.2 Å². The minimum absolute atomic E-state index is 0.124. The molecule has 1 aliphatic rings. The van der Waals surface area contributed by atoms with Crippen molar-refractivity contribution >= 4 is 52.1 Å². The van der Waals surface area contributed by atoms with Crippen LogP contribution < -0.4 is 5.32 Å². The van der Waals surface area contributed by atoms with Gasteiger partial charge in [-0.25, -0.2) is 0 Å². The summed E-state index contributed by atoms with van der Waals surface area (Å²) in [5.74, 6) is -2.56. The van der Waals surface area contributed by atoms with E-state index in [0.717, 1.165) is 10.4 Å². The van der Waals surface area contributed by atoms with Crippen molar-refractivity contribution in [3.63, 3.8) is 0 Å². The fourth-order valence-corrected chi connectivity index (χ4v) is 4.15. The maximum Gasteiger partial charge on any atom is 0.288 e. The van der Waals surface area contributed by atoms with Gasteiger partial charge in [0.1, 0.15) is 0 Å². The number of carbonyl (C=O) groups is 1. The Morgan fingerprint density at radius 2 is 2.08 bits per heavy atom. The lowest BCUT2D eigenvalue weighted by atomic mass is 10.1. The number of hydrogen-bond acceptors (Lipinski definition) is 6. The monoisotopic (exact) mass is 397 g/mol. The highest BCUT2D eigenvalue weighted by Crippen LogP contribution is 2.27. The summed E-state index contributed by atoms with van der Waals surface area (Å²) >= 11 is 3.38. The van der Waals surface area contributed by atoms with Crippen molar-refractivity contribution in [1.82, 2.24) is 5.32 Å². The first-order valence-electron chi connectivity index (χ1n) is 7.26. The van der Waals surface area contributed by atoms with Crippen LogP contribution in [0.5, 0.6) is 0 Å². The second kappa shape index (κ2) is 8.59. The maximum atomic E-state index is 12.3. The lowest BCUT2D eigenvalue weighted by Crippen LogP contribution is -2.25. The zero-order valence-electron chi connectivity index (χ0n) is 12.8. The highest BCUT2D eigenvalue weighted by Gasteiger charge is 2.30. The third-order valence-corrected chi connectivity index (χ3v) is 5.82. The topological polar surface area (TPSA) is 53.8 Å². The Hall–Kier alpha value is -1.71. The number of rotatable bonds is 6. The first-order valence-corrected chi connectivity index (χ1v) is 9.90. The molecule has 0 saturated carbocycles. The molecule has 1 N–H and O–H groups in total. The first kappa shape index (κ1) is 18.1. The van der Waals surface area contributed by atoms with E-state index in [1.54, 1.807) is 41.8 Å². The van der Waals surface area contributed by atoms with Crippen LogP contribution in [0, 0.1) is 0 Å². The summed E-state index contributed by atoms with van der Waals surface area (Å²) in [5.41, 5.74) is 0.912. The standard InChI is InChI=1S/C16H13F2N3OS3/c17-15(18)24-11-5-3-10(4-6-11)8-13-14(22)20-16(25-13)21-19-9-12-2-1-7-23-12/h1-7,9,13,15H,8H2,(H,20,21,22)/b19-9+. The Morgan fingerprint density at radius 3 is 2.76 bits per heavy atom. The van der Waals surface area contributed by atoms with E-state index in [0.29, 0.717) is 28.2 Å². The molecular weight excluding hydrogens is 384 g/mol. The Morgan fingerprint density at radius 1 is 1.28 bits per heavy atom. The number of hydrogen-bond donors (Lipinski definition) is 1. The van der Waals surface area contributed by atoms with E-state index < -0.39 is 5.76 Å². The van der Waals surface area contributed by atoms with Crippen LogP contribution in [0.2, 0.25) is 0 Å². The molecule has 0 bridgehead atoms. The van der Waals surface area contributed by atoms with Crippen molar-refractivity contribution in [2.24, 2.45) is 10.2 Å². The summed E-state index contributed by atoms with van der Waals surface area (Å²) in [6.07, 6.45) is 2.14. The van der Waals surface area contributed by atoms with E-state index in [9.17, 15) is 13.6 Å². The molecule has 1 unspecified atom stereocenters. The summed E-state index contributed by atoms with van der Waals surface area (Å²) in [7, 11) is 0. The van der Waals surface area contributed by atoms with E-state index in [1.165, 1.54) is 11.8 Å². The van der Waals surface area contributed by atoms with Crippen molar-refractivity contribution in [1.29, 1.82) is 0 Å². The average molecular weight is 397 g/mol. The number of halogens is 2. The third kappa shape index (κ3) is 5.38. The van der Waals surface area contributed by atoms with Gasteiger partial charge < -0.3 is 5.32 Å². The normalized spacial score (nSPS) is 19.2. The molecule has 0 aliphatic carbocycles. The van der Waals surface area contributed by atoms with Crippen molar-refractivity contribution in [3.8, 4) is 0 Å². The summed E-state index contributed by atoms with van der Waals surface area (Å²) < 4.78 is 24.6. The van der Waals surface area contributed by atoms with Crippen LogP contribution in [-0.2, 0) is 11.2 Å². The molecule has 1 saturated heterocycles. The predicted octanol–water partition coefficient (Wildman–Crippen LogP) is 4.23. The molecule has 1 atom stereocenters. The molecular formula is C16H13F2N3OS3. The molecule has 1 aliphatic heterocycles. The maximum absolute atomic E-state index is 12.3. The molecule has 130 valence electrons. The van der Waals surface area contributed by atoms with Gasteiger partial charge in [0.2, 0.25) is 5.91 Å². The summed E-state index contributed by atoms with van der Waals surface area (Å²) in [6.45, 7) is 0. The van der Waals surface area contributed by atoms with Gasteiger partial charge in [0.25, 0.3) is 5.76 Å². The fourth-order valence-electron chi connectivity index (χ4n) is 2.11. The Kier molecular flexibility index (Phi) is 6.22. The van der Waals surface area contributed by atoms with Crippen LogP contribution in [0.3, 0.4) is 0 Å². The van der Waals surface area contributed by atoms with Crippen LogP contribution in [0.15, 0.2) is 56.9 Å². The van der Waals surface area contributed by atoms with Gasteiger partial charge in [-0.1, -0.05) is 41.7 Å². The molecule has 0 radical (unpaired) electrons. The molecule has 1 amide bonds.